The van der Waals surface area contributed by atoms with Crippen LogP contribution in [0.5, 0.6) is 0 Å². The van der Waals surface area contributed by atoms with Gasteiger partial charge in [-0.3, -0.25) is 9.59 Å². The van der Waals surface area contributed by atoms with Crippen LogP contribution < -0.4 is 10.6 Å². The number of hydrogen-bond donors (Lipinski definition) is 2. The van der Waals surface area contributed by atoms with Crippen LogP contribution in [0.15, 0.2) is 77.8 Å². The minimum atomic E-state index is -4.52. The number of hydrogen-bond acceptors (Lipinski definition) is 3. The third-order valence-electron chi connectivity index (χ3n) is 5.40. The number of nitrogens with one attached hydrogen (secondary N) is 2. The van der Waals surface area contributed by atoms with Crippen molar-refractivity contribution in [3.05, 3.63) is 94.1 Å². The maximum atomic E-state index is 12.9. The topological polar surface area (TPSA) is 63.1 Å². The van der Waals surface area contributed by atoms with Gasteiger partial charge in [0.25, 0.3) is 5.91 Å². The standard InChI is InChI=1S/C26H20Cl2F3N3O2S/c27-20-9-8-18(13-21(20)28)33-24(35)15-37-23-14-34(22-7-2-1-6-19(22)23)11-10-32-25(36)16-4-3-5-17(12-16)26(29,30)31/h1-9,12-14H,10-11,15H2,(H,32,36)(H,33,35). The van der Waals surface area contributed by atoms with Gasteiger partial charge in [0.15, 0.2) is 0 Å². The Kier molecular flexibility index (Phi) is 8.36. The molecule has 37 heavy (non-hydrogen) atoms. The van der Waals surface area contributed by atoms with Crippen LogP contribution in [0.1, 0.15) is 15.9 Å². The zero-order chi connectivity index (χ0) is 26.6. The molecule has 0 radical (unpaired) electrons. The third-order valence-corrected chi connectivity index (χ3v) is 7.19. The number of para-hydroxylation sites is 1. The molecular weight excluding hydrogens is 546 g/mol. The first-order valence-electron chi connectivity index (χ1n) is 11.0. The van der Waals surface area contributed by atoms with Crippen molar-refractivity contribution in [2.24, 2.45) is 0 Å². The molecule has 0 unspecified atom stereocenters. The summed E-state index contributed by atoms with van der Waals surface area (Å²) in [5.41, 5.74) is 0.514. The Morgan fingerprint density at radius 3 is 2.49 bits per heavy atom. The number of carbonyl (C=O) groups is 2. The zero-order valence-corrected chi connectivity index (χ0v) is 21.4. The number of benzene rings is 3. The van der Waals surface area contributed by atoms with E-state index in [0.29, 0.717) is 22.3 Å². The SMILES string of the molecule is O=C(CSc1cn(CCNC(=O)c2cccc(C(F)(F)F)c2)c2ccccc12)Nc1ccc(Cl)c(Cl)c1. The van der Waals surface area contributed by atoms with Crippen LogP contribution in [0.4, 0.5) is 18.9 Å². The predicted octanol–water partition coefficient (Wildman–Crippen LogP) is 7.13. The van der Waals surface area contributed by atoms with Crippen LogP contribution in [-0.4, -0.2) is 28.7 Å². The van der Waals surface area contributed by atoms with Gasteiger partial charge < -0.3 is 15.2 Å². The van der Waals surface area contributed by atoms with E-state index in [2.05, 4.69) is 10.6 Å². The van der Waals surface area contributed by atoms with Crippen LogP contribution in [0.3, 0.4) is 0 Å². The van der Waals surface area contributed by atoms with E-state index >= 15 is 0 Å². The third kappa shape index (κ3) is 6.80. The van der Waals surface area contributed by atoms with Crippen molar-refractivity contribution in [3.63, 3.8) is 0 Å². The fourth-order valence-corrected chi connectivity index (χ4v) is 4.84. The lowest BCUT2D eigenvalue weighted by molar-refractivity contribution is -0.137. The van der Waals surface area contributed by atoms with E-state index in [1.54, 1.807) is 18.2 Å². The summed E-state index contributed by atoms with van der Waals surface area (Å²) < 4.78 is 40.7. The second-order valence-electron chi connectivity index (χ2n) is 8.00. The van der Waals surface area contributed by atoms with Gasteiger partial charge in [0, 0.05) is 46.3 Å². The highest BCUT2D eigenvalue weighted by Gasteiger charge is 2.30. The molecule has 2 amide bonds. The number of halogens is 5. The fourth-order valence-electron chi connectivity index (χ4n) is 3.66. The first-order valence-corrected chi connectivity index (χ1v) is 12.8. The van der Waals surface area contributed by atoms with Gasteiger partial charge in [-0.1, -0.05) is 47.5 Å². The Morgan fingerprint density at radius 2 is 1.73 bits per heavy atom. The molecule has 5 nitrogen and oxygen atoms in total. The van der Waals surface area contributed by atoms with Gasteiger partial charge in [0.2, 0.25) is 5.91 Å². The highest BCUT2D eigenvalue weighted by molar-refractivity contribution is 8.00. The Hall–Kier alpha value is -3.14. The van der Waals surface area contributed by atoms with Gasteiger partial charge in [-0.05, 0) is 42.5 Å². The lowest BCUT2D eigenvalue weighted by atomic mass is 10.1. The van der Waals surface area contributed by atoms with Crippen molar-refractivity contribution < 1.29 is 22.8 Å². The van der Waals surface area contributed by atoms with Crippen LogP contribution >= 0.6 is 35.0 Å². The molecule has 2 N–H and O–H groups in total. The monoisotopic (exact) mass is 565 g/mol. The molecule has 3 aromatic carbocycles. The molecular formula is C26H20Cl2F3N3O2S. The van der Waals surface area contributed by atoms with Crippen LogP contribution in [0.25, 0.3) is 10.9 Å². The van der Waals surface area contributed by atoms with E-state index in [-0.39, 0.29) is 23.8 Å². The first-order chi connectivity index (χ1) is 17.6. The van der Waals surface area contributed by atoms with E-state index in [9.17, 15) is 22.8 Å². The largest absolute Gasteiger partial charge is 0.416 e. The van der Waals surface area contributed by atoms with Gasteiger partial charge in [-0.15, -0.1) is 11.8 Å². The molecule has 1 heterocycles. The number of fused-ring (bicyclic) bond motifs is 1. The number of thioether (sulfide) groups is 1. The highest BCUT2D eigenvalue weighted by Crippen LogP contribution is 2.31. The average Bonchev–Trinajstić information content (AvgIpc) is 3.22. The van der Waals surface area contributed by atoms with Crippen molar-refractivity contribution in [1.29, 1.82) is 0 Å². The van der Waals surface area contributed by atoms with E-state index in [1.807, 2.05) is 35.0 Å². The summed E-state index contributed by atoms with van der Waals surface area (Å²) in [6.07, 6.45) is -2.63. The Bertz CT molecular complexity index is 1460. The molecule has 0 aliphatic heterocycles. The van der Waals surface area contributed by atoms with Gasteiger partial charge in [0.1, 0.15) is 0 Å². The van der Waals surface area contributed by atoms with Crippen molar-refractivity contribution in [2.75, 3.05) is 17.6 Å². The Morgan fingerprint density at radius 1 is 0.946 bits per heavy atom. The van der Waals surface area contributed by atoms with Crippen molar-refractivity contribution in [2.45, 2.75) is 17.6 Å². The maximum absolute atomic E-state index is 12.9. The van der Waals surface area contributed by atoms with Crippen LogP contribution in [0.2, 0.25) is 10.0 Å². The number of alkyl halides is 3. The van der Waals surface area contributed by atoms with Crippen molar-refractivity contribution in [3.8, 4) is 0 Å². The summed E-state index contributed by atoms with van der Waals surface area (Å²) in [4.78, 5) is 25.7. The number of anilines is 1. The molecule has 1 aromatic heterocycles. The smallest absolute Gasteiger partial charge is 0.350 e. The van der Waals surface area contributed by atoms with Gasteiger partial charge in [0.05, 0.1) is 21.4 Å². The summed E-state index contributed by atoms with van der Waals surface area (Å²) in [6, 6.07) is 16.8. The van der Waals surface area contributed by atoms with E-state index in [0.717, 1.165) is 27.9 Å². The van der Waals surface area contributed by atoms with Gasteiger partial charge in [-0.25, -0.2) is 0 Å². The predicted molar refractivity (Wildman–Crippen MR) is 142 cm³/mol. The zero-order valence-electron chi connectivity index (χ0n) is 19.1. The minimum Gasteiger partial charge on any atom is -0.350 e. The molecule has 0 saturated carbocycles. The van der Waals surface area contributed by atoms with E-state index in [1.165, 1.54) is 23.9 Å². The number of amides is 2. The molecule has 4 rings (SSSR count). The molecule has 0 aliphatic rings. The number of carbonyl (C=O) groups excluding carboxylic acids is 2. The minimum absolute atomic E-state index is 0.0589. The lowest BCUT2D eigenvalue weighted by Gasteiger charge is -2.10. The van der Waals surface area contributed by atoms with Crippen molar-refractivity contribution in [1.82, 2.24) is 9.88 Å². The maximum Gasteiger partial charge on any atom is 0.416 e. The normalized spacial score (nSPS) is 11.5. The molecule has 192 valence electrons. The fraction of sp³-hybridized carbons (Fsp3) is 0.154. The molecule has 4 aromatic rings. The molecule has 0 fully saturated rings. The number of rotatable bonds is 8. The molecule has 11 heteroatoms. The summed E-state index contributed by atoms with van der Waals surface area (Å²) in [5.74, 6) is -0.648. The van der Waals surface area contributed by atoms with Gasteiger partial charge >= 0.3 is 6.18 Å². The average molecular weight is 566 g/mol. The molecule has 0 aliphatic carbocycles. The summed E-state index contributed by atoms with van der Waals surface area (Å²) in [5, 5.41) is 7.13. The number of aromatic nitrogens is 1. The molecule has 0 atom stereocenters. The van der Waals surface area contributed by atoms with Crippen LogP contribution in [-0.2, 0) is 17.5 Å². The quantitative estimate of drug-likeness (QED) is 0.223. The van der Waals surface area contributed by atoms with Crippen LogP contribution in [0, 0.1) is 0 Å². The summed E-state index contributed by atoms with van der Waals surface area (Å²) in [7, 11) is 0. The van der Waals surface area contributed by atoms with Crippen molar-refractivity contribution >= 4 is 63.4 Å². The molecule has 0 spiro atoms. The Labute approximate surface area is 224 Å². The molecule has 0 saturated heterocycles. The highest BCUT2D eigenvalue weighted by atomic mass is 35.5. The Balaban J connectivity index is 1.38. The second kappa shape index (κ2) is 11.5. The van der Waals surface area contributed by atoms with E-state index in [4.69, 9.17) is 23.2 Å². The second-order valence-corrected chi connectivity index (χ2v) is 9.84. The lowest BCUT2D eigenvalue weighted by Crippen LogP contribution is -2.27. The van der Waals surface area contributed by atoms with E-state index < -0.39 is 17.6 Å². The first kappa shape index (κ1) is 26.9. The number of nitrogens with zero attached hydrogens (tertiary/aromatic N) is 1. The molecule has 0 bridgehead atoms. The van der Waals surface area contributed by atoms with Gasteiger partial charge in [-0.2, -0.15) is 13.2 Å². The summed E-state index contributed by atoms with van der Waals surface area (Å²) in [6.45, 7) is 0.594. The summed E-state index contributed by atoms with van der Waals surface area (Å²) >= 11 is 13.3.